The summed E-state index contributed by atoms with van der Waals surface area (Å²) in [6.45, 7) is 4.78. The first-order chi connectivity index (χ1) is 27.1. The van der Waals surface area contributed by atoms with Gasteiger partial charge in [0, 0.05) is 48.7 Å². The van der Waals surface area contributed by atoms with Crippen molar-refractivity contribution in [2.45, 2.75) is 19.3 Å². The third-order valence-corrected chi connectivity index (χ3v) is 12.6. The second-order valence-electron chi connectivity index (χ2n) is 15.7. The van der Waals surface area contributed by atoms with Crippen LogP contribution >= 0.6 is 0 Å². The van der Waals surface area contributed by atoms with Crippen molar-refractivity contribution >= 4 is 81.6 Å². The second-order valence-corrected chi connectivity index (χ2v) is 15.7. The molecule has 0 radical (unpaired) electrons. The maximum absolute atomic E-state index is 5.63. The Morgan fingerprint density at radius 3 is 2.05 bits per heavy atom. The topological polar surface area (TPSA) is 35.1 Å². The summed E-state index contributed by atoms with van der Waals surface area (Å²) < 4.78 is 4.93. The molecule has 4 heterocycles. The normalized spacial score (nSPS) is 13.8. The van der Waals surface area contributed by atoms with Gasteiger partial charge in [-0.15, -0.1) is 0 Å². The van der Waals surface area contributed by atoms with E-state index in [1.54, 1.807) is 0 Å². The number of hydrogen-bond acceptors (Lipinski definition) is 2. The van der Waals surface area contributed by atoms with Crippen molar-refractivity contribution in [3.05, 3.63) is 169 Å². The van der Waals surface area contributed by atoms with Crippen molar-refractivity contribution in [3.8, 4) is 28.3 Å². The molecule has 12 aromatic rings. The van der Waals surface area contributed by atoms with Crippen molar-refractivity contribution < 1.29 is 0 Å². The molecule has 256 valence electrons. The van der Waals surface area contributed by atoms with Crippen molar-refractivity contribution in [1.82, 2.24) is 18.9 Å². The number of benzene rings is 8. The van der Waals surface area contributed by atoms with Crippen molar-refractivity contribution in [2.75, 3.05) is 0 Å². The quantitative estimate of drug-likeness (QED) is 0.168. The zero-order chi connectivity index (χ0) is 36.2. The van der Waals surface area contributed by atoms with Gasteiger partial charge in [0.05, 0.1) is 38.8 Å². The molecule has 4 aromatic heterocycles. The summed E-state index contributed by atoms with van der Waals surface area (Å²) >= 11 is 0. The standard InChI is InChI=1S/C51H32N4/c1-51(2)39-22-10-8-18-32(39)38-28-37-35-21-12-20-34-33-19-9-11-23-40(33)54(48(34)35)41-24-13-25-42-44(41)43(37)49(45(38)51)55(42)50-52-46(30-15-4-3-5-16-30)36-27-26-29-14-6-7-17-31(29)47(36)53-50/h3-28H,1-2H3. The summed E-state index contributed by atoms with van der Waals surface area (Å²) in [7, 11) is 0. The van der Waals surface area contributed by atoms with Crippen molar-refractivity contribution in [3.63, 3.8) is 0 Å². The molecule has 0 atom stereocenters. The molecule has 1 aliphatic rings. The monoisotopic (exact) mass is 700 g/mol. The van der Waals surface area contributed by atoms with Crippen LogP contribution in [0, 0.1) is 0 Å². The molecule has 0 saturated heterocycles. The number of nitrogens with zero attached hydrogens (tertiary/aromatic N) is 4. The fourth-order valence-corrected chi connectivity index (χ4v) is 10.3. The summed E-state index contributed by atoms with van der Waals surface area (Å²) in [5.41, 5.74) is 13.9. The Bertz CT molecular complexity index is 3620. The highest BCUT2D eigenvalue weighted by atomic mass is 15.2. The average Bonchev–Trinajstić information content (AvgIpc) is 3.80. The van der Waals surface area contributed by atoms with Gasteiger partial charge in [0.25, 0.3) is 0 Å². The molecule has 0 amide bonds. The van der Waals surface area contributed by atoms with Crippen LogP contribution in [-0.4, -0.2) is 18.9 Å². The van der Waals surface area contributed by atoms with Gasteiger partial charge < -0.3 is 4.40 Å². The summed E-state index contributed by atoms with van der Waals surface area (Å²) in [5.74, 6) is 0.683. The lowest BCUT2D eigenvalue weighted by molar-refractivity contribution is 0.663. The van der Waals surface area contributed by atoms with Gasteiger partial charge in [0.1, 0.15) is 0 Å². The lowest BCUT2D eigenvalue weighted by atomic mass is 9.81. The first-order valence-corrected chi connectivity index (χ1v) is 19.1. The minimum atomic E-state index is -0.275. The van der Waals surface area contributed by atoms with E-state index in [9.17, 15) is 0 Å². The Labute approximate surface area is 315 Å². The van der Waals surface area contributed by atoms with Crippen LogP contribution in [0.2, 0.25) is 0 Å². The molecule has 55 heavy (non-hydrogen) atoms. The van der Waals surface area contributed by atoms with Crippen LogP contribution in [0.5, 0.6) is 0 Å². The Morgan fingerprint density at radius 2 is 1.16 bits per heavy atom. The largest absolute Gasteiger partial charge is 0.308 e. The SMILES string of the molecule is CC1(C)c2ccccc2-c2cc3c4cccc5c6ccccc6n(c6cccc7c6c3c(c21)n7-c1nc(-c2ccccc2)c2ccc3ccccc3c2n1)c45. The number of para-hydroxylation sites is 2. The van der Waals surface area contributed by atoms with Crippen LogP contribution in [-0.2, 0) is 5.41 Å². The van der Waals surface area contributed by atoms with Gasteiger partial charge in [-0.25, -0.2) is 9.97 Å². The fourth-order valence-electron chi connectivity index (χ4n) is 10.3. The van der Waals surface area contributed by atoms with Gasteiger partial charge in [-0.1, -0.05) is 141 Å². The molecule has 0 N–H and O–H groups in total. The summed E-state index contributed by atoms with van der Waals surface area (Å²) in [6, 6.07) is 57.6. The molecule has 1 aliphatic carbocycles. The highest BCUT2D eigenvalue weighted by molar-refractivity contribution is 6.33. The van der Waals surface area contributed by atoms with E-state index in [4.69, 9.17) is 9.97 Å². The van der Waals surface area contributed by atoms with Crippen LogP contribution in [0.1, 0.15) is 25.0 Å². The molecule has 0 saturated carbocycles. The highest BCUT2D eigenvalue weighted by Gasteiger charge is 2.40. The van der Waals surface area contributed by atoms with Gasteiger partial charge in [-0.3, -0.25) is 4.57 Å². The Hall–Kier alpha value is -7.04. The fraction of sp³-hybridized carbons (Fsp3) is 0.0588. The van der Waals surface area contributed by atoms with Crippen LogP contribution in [0.15, 0.2) is 158 Å². The Morgan fingerprint density at radius 1 is 0.473 bits per heavy atom. The third-order valence-electron chi connectivity index (χ3n) is 12.6. The first-order valence-electron chi connectivity index (χ1n) is 19.1. The zero-order valence-electron chi connectivity index (χ0n) is 30.3. The molecule has 4 nitrogen and oxygen atoms in total. The van der Waals surface area contributed by atoms with Gasteiger partial charge in [0.2, 0.25) is 5.95 Å². The van der Waals surface area contributed by atoms with Gasteiger partial charge in [-0.2, -0.15) is 0 Å². The van der Waals surface area contributed by atoms with Gasteiger partial charge in [0.15, 0.2) is 0 Å². The summed E-state index contributed by atoms with van der Waals surface area (Å²) in [5, 5.41) is 10.8. The molecular weight excluding hydrogens is 669 g/mol. The Kier molecular flexibility index (Phi) is 5.42. The summed E-state index contributed by atoms with van der Waals surface area (Å²) in [4.78, 5) is 11.2. The molecule has 0 aliphatic heterocycles. The molecule has 8 aromatic carbocycles. The highest BCUT2D eigenvalue weighted by Crippen LogP contribution is 2.55. The van der Waals surface area contributed by atoms with Crippen molar-refractivity contribution in [2.24, 2.45) is 0 Å². The number of rotatable bonds is 2. The van der Waals surface area contributed by atoms with Crippen molar-refractivity contribution in [1.29, 1.82) is 0 Å². The predicted octanol–water partition coefficient (Wildman–Crippen LogP) is 13.0. The Balaban J connectivity index is 1.33. The zero-order valence-corrected chi connectivity index (χ0v) is 30.3. The van der Waals surface area contributed by atoms with Crippen LogP contribution < -0.4 is 0 Å². The van der Waals surface area contributed by atoms with Crippen LogP contribution in [0.25, 0.3) is 110 Å². The van der Waals surface area contributed by atoms with Crippen LogP contribution in [0.3, 0.4) is 0 Å². The van der Waals surface area contributed by atoms with Crippen LogP contribution in [0.4, 0.5) is 0 Å². The van der Waals surface area contributed by atoms with E-state index < -0.39 is 0 Å². The second kappa shape index (κ2) is 10.1. The molecule has 0 fully saturated rings. The molecule has 13 rings (SSSR count). The molecule has 0 bridgehead atoms. The molecule has 4 heteroatoms. The minimum absolute atomic E-state index is 0.275. The van der Waals surface area contributed by atoms with E-state index in [2.05, 4.69) is 181 Å². The summed E-state index contributed by atoms with van der Waals surface area (Å²) in [6.07, 6.45) is 0. The lowest BCUT2D eigenvalue weighted by Gasteiger charge is -2.24. The van der Waals surface area contributed by atoms with E-state index in [1.165, 1.54) is 76.6 Å². The van der Waals surface area contributed by atoms with E-state index in [0.29, 0.717) is 5.95 Å². The molecule has 0 unspecified atom stereocenters. The van der Waals surface area contributed by atoms with E-state index >= 15 is 0 Å². The maximum Gasteiger partial charge on any atom is 0.235 e. The number of hydrogen-bond donors (Lipinski definition) is 0. The van der Waals surface area contributed by atoms with E-state index in [0.717, 1.165) is 38.4 Å². The first kappa shape index (κ1) is 29.4. The van der Waals surface area contributed by atoms with Gasteiger partial charge >= 0.3 is 0 Å². The number of fused-ring (bicyclic) bond motifs is 12. The minimum Gasteiger partial charge on any atom is -0.308 e. The maximum atomic E-state index is 5.63. The lowest BCUT2D eigenvalue weighted by Crippen LogP contribution is -2.17. The van der Waals surface area contributed by atoms with E-state index in [1.807, 2.05) is 0 Å². The predicted molar refractivity (Wildman–Crippen MR) is 229 cm³/mol. The number of aromatic nitrogens is 4. The van der Waals surface area contributed by atoms with Gasteiger partial charge in [-0.05, 0) is 63.4 Å². The molecule has 0 spiro atoms. The molecular formula is C51H32N4. The van der Waals surface area contributed by atoms with E-state index in [-0.39, 0.29) is 5.41 Å². The third kappa shape index (κ3) is 3.57. The average molecular weight is 701 g/mol. The smallest absolute Gasteiger partial charge is 0.235 e.